The first-order valence-electron chi connectivity index (χ1n) is 7.33. The van der Waals surface area contributed by atoms with Crippen molar-refractivity contribution in [1.29, 1.82) is 0 Å². The van der Waals surface area contributed by atoms with E-state index in [-0.39, 0.29) is 17.9 Å². The summed E-state index contributed by atoms with van der Waals surface area (Å²) in [4.78, 5) is 23.5. The average molecular weight is 291 g/mol. The second-order valence-corrected chi connectivity index (χ2v) is 6.52. The van der Waals surface area contributed by atoms with Gasteiger partial charge in [0.1, 0.15) is 0 Å². The van der Waals surface area contributed by atoms with Gasteiger partial charge in [0.15, 0.2) is 0 Å². The molecule has 1 aromatic carbocycles. The zero-order valence-electron chi connectivity index (χ0n) is 13.3. The van der Waals surface area contributed by atoms with Crippen LogP contribution in [0.2, 0.25) is 0 Å². The maximum atomic E-state index is 12.2. The fourth-order valence-corrected chi connectivity index (χ4v) is 2.35. The van der Waals surface area contributed by atoms with Crippen molar-refractivity contribution in [3.05, 3.63) is 35.4 Å². The van der Waals surface area contributed by atoms with E-state index >= 15 is 0 Å². The predicted molar refractivity (Wildman–Crippen MR) is 83.4 cm³/mol. The molecule has 0 saturated heterocycles. The van der Waals surface area contributed by atoms with E-state index in [9.17, 15) is 14.7 Å². The molecule has 4 heteroatoms. The highest BCUT2D eigenvalue weighted by atomic mass is 16.4. The van der Waals surface area contributed by atoms with Crippen LogP contribution in [0.5, 0.6) is 0 Å². The molecule has 0 heterocycles. The van der Waals surface area contributed by atoms with Gasteiger partial charge in [-0.25, -0.2) is 0 Å². The third-order valence-electron chi connectivity index (χ3n) is 3.36. The summed E-state index contributed by atoms with van der Waals surface area (Å²) >= 11 is 0. The quantitative estimate of drug-likeness (QED) is 0.846. The number of rotatable bonds is 6. The first kappa shape index (κ1) is 17.2. The number of carbonyl (C=O) groups excluding carboxylic acids is 1. The summed E-state index contributed by atoms with van der Waals surface area (Å²) in [6, 6.07) is 7.40. The first-order valence-corrected chi connectivity index (χ1v) is 7.33. The van der Waals surface area contributed by atoms with E-state index in [0.29, 0.717) is 12.0 Å². The standard InChI is InChI=1S/C17H25NO3/c1-5-12-8-6-7-9-14(12)15(19)18-11-13(16(20)21)10-17(2,3)4/h6-9,13H,5,10-11H2,1-4H3,(H,18,19)(H,20,21). The third-order valence-corrected chi connectivity index (χ3v) is 3.36. The SMILES string of the molecule is CCc1ccccc1C(=O)NCC(CC(C)(C)C)C(=O)O. The molecule has 0 aromatic heterocycles. The minimum atomic E-state index is -0.867. The fourth-order valence-electron chi connectivity index (χ4n) is 2.35. The summed E-state index contributed by atoms with van der Waals surface area (Å²) in [7, 11) is 0. The van der Waals surface area contributed by atoms with Gasteiger partial charge in [-0.3, -0.25) is 9.59 Å². The van der Waals surface area contributed by atoms with Crippen LogP contribution in [0.3, 0.4) is 0 Å². The highest BCUT2D eigenvalue weighted by molar-refractivity contribution is 5.95. The van der Waals surface area contributed by atoms with Gasteiger partial charge in [-0.15, -0.1) is 0 Å². The molecular weight excluding hydrogens is 266 g/mol. The van der Waals surface area contributed by atoms with Crippen LogP contribution in [0.1, 0.15) is 50.0 Å². The van der Waals surface area contributed by atoms with Gasteiger partial charge in [-0.1, -0.05) is 45.9 Å². The van der Waals surface area contributed by atoms with Crippen molar-refractivity contribution in [1.82, 2.24) is 5.32 Å². The van der Waals surface area contributed by atoms with Gasteiger partial charge in [0.25, 0.3) is 5.91 Å². The van der Waals surface area contributed by atoms with Crippen LogP contribution in [-0.2, 0) is 11.2 Å². The first-order chi connectivity index (χ1) is 9.74. The minimum absolute atomic E-state index is 0.0882. The van der Waals surface area contributed by atoms with Crippen LogP contribution >= 0.6 is 0 Å². The molecule has 0 spiro atoms. The van der Waals surface area contributed by atoms with Crippen molar-refractivity contribution in [3.63, 3.8) is 0 Å². The van der Waals surface area contributed by atoms with Crippen molar-refractivity contribution in [2.24, 2.45) is 11.3 Å². The van der Waals surface area contributed by atoms with E-state index in [2.05, 4.69) is 5.32 Å². The smallest absolute Gasteiger partial charge is 0.308 e. The molecule has 116 valence electrons. The number of nitrogens with one attached hydrogen (secondary N) is 1. The second kappa shape index (κ2) is 7.25. The van der Waals surface area contributed by atoms with E-state index in [1.54, 1.807) is 6.07 Å². The number of hydrogen-bond donors (Lipinski definition) is 2. The molecule has 1 unspecified atom stereocenters. The molecule has 2 N–H and O–H groups in total. The van der Waals surface area contributed by atoms with Crippen molar-refractivity contribution in [2.45, 2.75) is 40.5 Å². The van der Waals surface area contributed by atoms with E-state index in [1.165, 1.54) is 0 Å². The van der Waals surface area contributed by atoms with E-state index < -0.39 is 11.9 Å². The van der Waals surface area contributed by atoms with Crippen LogP contribution in [0.4, 0.5) is 0 Å². The van der Waals surface area contributed by atoms with Gasteiger partial charge in [0, 0.05) is 12.1 Å². The number of aryl methyl sites for hydroxylation is 1. The van der Waals surface area contributed by atoms with Crippen molar-refractivity contribution in [3.8, 4) is 0 Å². The Hall–Kier alpha value is -1.84. The zero-order valence-corrected chi connectivity index (χ0v) is 13.3. The van der Waals surface area contributed by atoms with Crippen molar-refractivity contribution >= 4 is 11.9 Å². The van der Waals surface area contributed by atoms with Gasteiger partial charge >= 0.3 is 5.97 Å². The average Bonchev–Trinajstić information content (AvgIpc) is 2.41. The molecule has 0 radical (unpaired) electrons. The Kier molecular flexibility index (Phi) is 5.94. The number of hydrogen-bond acceptors (Lipinski definition) is 2. The Bertz CT molecular complexity index is 503. The lowest BCUT2D eigenvalue weighted by atomic mass is 9.84. The van der Waals surface area contributed by atoms with Gasteiger partial charge in [0.05, 0.1) is 5.92 Å². The van der Waals surface area contributed by atoms with Gasteiger partial charge in [-0.2, -0.15) is 0 Å². The molecule has 0 bridgehead atoms. The van der Waals surface area contributed by atoms with Crippen LogP contribution in [0.25, 0.3) is 0 Å². The molecule has 1 aromatic rings. The molecule has 0 aliphatic carbocycles. The largest absolute Gasteiger partial charge is 0.481 e. The zero-order chi connectivity index (χ0) is 16.0. The Morgan fingerprint density at radius 3 is 2.38 bits per heavy atom. The number of benzene rings is 1. The Morgan fingerprint density at radius 2 is 1.86 bits per heavy atom. The summed E-state index contributed by atoms with van der Waals surface area (Å²) in [6.07, 6.45) is 1.30. The monoisotopic (exact) mass is 291 g/mol. The molecule has 1 rings (SSSR count). The third kappa shape index (κ3) is 5.58. The molecule has 1 amide bonds. The van der Waals surface area contributed by atoms with Crippen molar-refractivity contribution in [2.75, 3.05) is 6.54 Å². The van der Waals surface area contributed by atoms with E-state index in [1.807, 2.05) is 45.9 Å². The van der Waals surface area contributed by atoms with Gasteiger partial charge in [-0.05, 0) is 29.9 Å². The minimum Gasteiger partial charge on any atom is -0.481 e. The Balaban J connectivity index is 2.72. The second-order valence-electron chi connectivity index (χ2n) is 6.52. The highest BCUT2D eigenvalue weighted by Crippen LogP contribution is 2.24. The molecule has 4 nitrogen and oxygen atoms in total. The normalized spacial score (nSPS) is 12.8. The van der Waals surface area contributed by atoms with Crippen molar-refractivity contribution < 1.29 is 14.7 Å². The molecule has 0 saturated carbocycles. The Morgan fingerprint density at radius 1 is 1.24 bits per heavy atom. The summed E-state index contributed by atoms with van der Waals surface area (Å²) in [6.45, 7) is 8.14. The van der Waals surface area contributed by atoms with Crippen LogP contribution < -0.4 is 5.32 Å². The summed E-state index contributed by atoms with van der Waals surface area (Å²) in [5.41, 5.74) is 1.51. The molecular formula is C17H25NO3. The highest BCUT2D eigenvalue weighted by Gasteiger charge is 2.25. The van der Waals surface area contributed by atoms with Gasteiger partial charge < -0.3 is 10.4 Å². The number of carbonyl (C=O) groups is 2. The molecule has 0 aliphatic rings. The molecule has 21 heavy (non-hydrogen) atoms. The lowest BCUT2D eigenvalue weighted by Crippen LogP contribution is -2.35. The molecule has 1 atom stereocenters. The lowest BCUT2D eigenvalue weighted by molar-refractivity contribution is -0.142. The van der Waals surface area contributed by atoms with Crippen LogP contribution in [-0.4, -0.2) is 23.5 Å². The van der Waals surface area contributed by atoms with E-state index in [0.717, 1.165) is 12.0 Å². The lowest BCUT2D eigenvalue weighted by Gasteiger charge is -2.23. The predicted octanol–water partition coefficient (Wildman–Crippen LogP) is 3.12. The molecule has 0 fully saturated rings. The van der Waals surface area contributed by atoms with Crippen LogP contribution in [0, 0.1) is 11.3 Å². The topological polar surface area (TPSA) is 66.4 Å². The summed E-state index contributed by atoms with van der Waals surface area (Å²) < 4.78 is 0. The van der Waals surface area contributed by atoms with Gasteiger partial charge in [0.2, 0.25) is 0 Å². The molecule has 0 aliphatic heterocycles. The number of aliphatic carboxylic acids is 1. The number of carboxylic acid groups (broad SMARTS) is 1. The maximum absolute atomic E-state index is 12.2. The number of carboxylic acids is 1. The number of amides is 1. The maximum Gasteiger partial charge on any atom is 0.308 e. The Labute approximate surface area is 126 Å². The summed E-state index contributed by atoms with van der Waals surface area (Å²) in [5.74, 6) is -1.63. The summed E-state index contributed by atoms with van der Waals surface area (Å²) in [5, 5.41) is 12.0. The van der Waals surface area contributed by atoms with E-state index in [4.69, 9.17) is 0 Å². The van der Waals surface area contributed by atoms with Crippen LogP contribution in [0.15, 0.2) is 24.3 Å². The fraction of sp³-hybridized carbons (Fsp3) is 0.529.